The van der Waals surface area contributed by atoms with Crippen molar-refractivity contribution < 1.29 is 9.21 Å². The van der Waals surface area contributed by atoms with E-state index in [-0.39, 0.29) is 17.9 Å². The average molecular weight is 210 g/mol. The lowest BCUT2D eigenvalue weighted by atomic mass is 10.1. The molecule has 1 unspecified atom stereocenters. The third-order valence-corrected chi connectivity index (χ3v) is 2.48. The van der Waals surface area contributed by atoms with Crippen molar-refractivity contribution in [2.75, 3.05) is 6.54 Å². The molecule has 3 N–H and O–H groups in total. The van der Waals surface area contributed by atoms with Gasteiger partial charge in [0.15, 0.2) is 0 Å². The fourth-order valence-electron chi connectivity index (χ4n) is 1.40. The Morgan fingerprint density at radius 3 is 2.87 bits per heavy atom. The van der Waals surface area contributed by atoms with Crippen LogP contribution in [-0.4, -0.2) is 12.5 Å². The Bertz CT molecular complexity index is 292. The molecule has 0 radical (unpaired) electrons. The summed E-state index contributed by atoms with van der Waals surface area (Å²) in [4.78, 5) is 11.7. The summed E-state index contributed by atoms with van der Waals surface area (Å²) in [5.41, 5.74) is 5.49. The third kappa shape index (κ3) is 3.09. The first-order valence-corrected chi connectivity index (χ1v) is 5.22. The monoisotopic (exact) mass is 210 g/mol. The lowest BCUT2D eigenvalue weighted by Gasteiger charge is -2.16. The highest BCUT2D eigenvalue weighted by molar-refractivity contribution is 5.79. The molecule has 0 aliphatic carbocycles. The summed E-state index contributed by atoms with van der Waals surface area (Å²) in [6, 6.07) is 3.54. The van der Waals surface area contributed by atoms with E-state index in [1.807, 2.05) is 19.9 Å². The van der Waals surface area contributed by atoms with Gasteiger partial charge in [-0.1, -0.05) is 6.92 Å². The van der Waals surface area contributed by atoms with Crippen molar-refractivity contribution in [3.8, 4) is 0 Å². The van der Waals surface area contributed by atoms with Gasteiger partial charge in [-0.3, -0.25) is 4.79 Å². The Morgan fingerprint density at radius 2 is 2.40 bits per heavy atom. The highest BCUT2D eigenvalue weighted by atomic mass is 16.3. The second-order valence-corrected chi connectivity index (χ2v) is 3.59. The van der Waals surface area contributed by atoms with Gasteiger partial charge in [-0.25, -0.2) is 0 Å². The molecule has 15 heavy (non-hydrogen) atoms. The van der Waals surface area contributed by atoms with Gasteiger partial charge in [0.05, 0.1) is 12.3 Å². The van der Waals surface area contributed by atoms with Crippen LogP contribution in [0.1, 0.15) is 32.1 Å². The van der Waals surface area contributed by atoms with Crippen molar-refractivity contribution in [2.24, 2.45) is 11.7 Å². The lowest BCUT2D eigenvalue weighted by molar-refractivity contribution is -0.125. The minimum Gasteiger partial charge on any atom is -0.467 e. The van der Waals surface area contributed by atoms with Crippen LogP contribution < -0.4 is 11.1 Å². The molecule has 1 rings (SSSR count). The van der Waals surface area contributed by atoms with Crippen LogP contribution in [0.3, 0.4) is 0 Å². The van der Waals surface area contributed by atoms with Crippen molar-refractivity contribution in [2.45, 2.75) is 26.3 Å². The molecule has 1 aromatic heterocycles. The molecule has 0 aliphatic heterocycles. The Morgan fingerprint density at radius 1 is 1.67 bits per heavy atom. The molecule has 0 spiro atoms. The van der Waals surface area contributed by atoms with Crippen LogP contribution in [-0.2, 0) is 4.79 Å². The van der Waals surface area contributed by atoms with Gasteiger partial charge >= 0.3 is 0 Å². The van der Waals surface area contributed by atoms with Crippen molar-refractivity contribution in [1.29, 1.82) is 0 Å². The smallest absolute Gasteiger partial charge is 0.224 e. The summed E-state index contributed by atoms with van der Waals surface area (Å²) in [7, 11) is 0. The number of hydrogen-bond acceptors (Lipinski definition) is 3. The highest BCUT2D eigenvalue weighted by Gasteiger charge is 2.18. The molecule has 84 valence electrons. The standard InChI is InChI=1S/C11H18N2O2/c1-3-9(7-12)11(14)13-8(2)10-5-4-6-15-10/h4-6,8-9H,3,7,12H2,1-2H3,(H,13,14)/t8-,9?/m1/s1. The second kappa shape index (κ2) is 5.56. The van der Waals surface area contributed by atoms with Crippen LogP contribution in [0.4, 0.5) is 0 Å². The molecule has 1 aromatic rings. The molecule has 0 saturated carbocycles. The van der Waals surface area contributed by atoms with Crippen LogP contribution in [0.15, 0.2) is 22.8 Å². The normalized spacial score (nSPS) is 14.6. The van der Waals surface area contributed by atoms with E-state index in [4.69, 9.17) is 10.2 Å². The highest BCUT2D eigenvalue weighted by Crippen LogP contribution is 2.13. The molecule has 2 atom stereocenters. The van der Waals surface area contributed by atoms with Gasteiger partial charge in [0.1, 0.15) is 5.76 Å². The van der Waals surface area contributed by atoms with Crippen molar-refractivity contribution in [1.82, 2.24) is 5.32 Å². The van der Waals surface area contributed by atoms with E-state index >= 15 is 0 Å². The Labute approximate surface area is 89.8 Å². The summed E-state index contributed by atoms with van der Waals surface area (Å²) in [6.07, 6.45) is 2.35. The van der Waals surface area contributed by atoms with E-state index in [0.29, 0.717) is 6.54 Å². The summed E-state index contributed by atoms with van der Waals surface area (Å²) >= 11 is 0. The molecule has 0 fully saturated rings. The number of carbonyl (C=O) groups excluding carboxylic acids is 1. The minimum absolute atomic E-state index is 0.0103. The van der Waals surface area contributed by atoms with Gasteiger partial charge in [0, 0.05) is 12.5 Å². The molecule has 0 aliphatic rings. The van der Waals surface area contributed by atoms with Gasteiger partial charge < -0.3 is 15.5 Å². The van der Waals surface area contributed by atoms with Crippen molar-refractivity contribution >= 4 is 5.91 Å². The molecule has 4 nitrogen and oxygen atoms in total. The summed E-state index contributed by atoms with van der Waals surface area (Å²) < 4.78 is 5.20. The van der Waals surface area contributed by atoms with E-state index in [1.165, 1.54) is 0 Å². The maximum absolute atomic E-state index is 11.7. The first-order chi connectivity index (χ1) is 7.19. The molecule has 4 heteroatoms. The minimum atomic E-state index is -0.109. The van der Waals surface area contributed by atoms with Gasteiger partial charge in [-0.2, -0.15) is 0 Å². The third-order valence-electron chi connectivity index (χ3n) is 2.48. The fraction of sp³-hybridized carbons (Fsp3) is 0.545. The van der Waals surface area contributed by atoms with Gasteiger partial charge in [0.25, 0.3) is 0 Å². The Balaban J connectivity index is 2.51. The number of carbonyl (C=O) groups is 1. The van der Waals surface area contributed by atoms with Crippen LogP contribution in [0.25, 0.3) is 0 Å². The van der Waals surface area contributed by atoms with E-state index in [2.05, 4.69) is 5.32 Å². The van der Waals surface area contributed by atoms with Gasteiger partial charge in [-0.15, -0.1) is 0 Å². The second-order valence-electron chi connectivity index (χ2n) is 3.59. The maximum atomic E-state index is 11.7. The number of hydrogen-bond donors (Lipinski definition) is 2. The average Bonchev–Trinajstić information content (AvgIpc) is 2.72. The zero-order valence-corrected chi connectivity index (χ0v) is 9.19. The first-order valence-electron chi connectivity index (χ1n) is 5.22. The van der Waals surface area contributed by atoms with E-state index in [0.717, 1.165) is 12.2 Å². The Kier molecular flexibility index (Phi) is 4.37. The fourth-order valence-corrected chi connectivity index (χ4v) is 1.40. The predicted molar refractivity (Wildman–Crippen MR) is 58.1 cm³/mol. The molecule has 0 bridgehead atoms. The first kappa shape index (κ1) is 11.8. The topological polar surface area (TPSA) is 68.3 Å². The quantitative estimate of drug-likeness (QED) is 0.772. The zero-order chi connectivity index (χ0) is 11.3. The number of nitrogens with one attached hydrogen (secondary N) is 1. The molecule has 0 aromatic carbocycles. The number of furan rings is 1. The molecule has 0 saturated heterocycles. The van der Waals surface area contributed by atoms with Crippen molar-refractivity contribution in [3.63, 3.8) is 0 Å². The van der Waals surface area contributed by atoms with Crippen LogP contribution in [0.2, 0.25) is 0 Å². The van der Waals surface area contributed by atoms with Crippen LogP contribution in [0.5, 0.6) is 0 Å². The molecular formula is C11H18N2O2. The van der Waals surface area contributed by atoms with Gasteiger partial charge in [0.2, 0.25) is 5.91 Å². The molecule has 1 amide bonds. The number of nitrogens with two attached hydrogens (primary N) is 1. The molecular weight excluding hydrogens is 192 g/mol. The summed E-state index contributed by atoms with van der Waals surface area (Å²) in [5.74, 6) is 0.640. The van der Waals surface area contributed by atoms with E-state index < -0.39 is 0 Å². The SMILES string of the molecule is CCC(CN)C(=O)N[C@H](C)c1ccco1. The van der Waals surface area contributed by atoms with E-state index in [1.54, 1.807) is 12.3 Å². The van der Waals surface area contributed by atoms with Crippen LogP contribution in [0, 0.1) is 5.92 Å². The van der Waals surface area contributed by atoms with Crippen molar-refractivity contribution in [3.05, 3.63) is 24.2 Å². The number of rotatable bonds is 5. The zero-order valence-electron chi connectivity index (χ0n) is 9.19. The summed E-state index contributed by atoms with van der Waals surface area (Å²) in [5, 5.41) is 2.87. The van der Waals surface area contributed by atoms with E-state index in [9.17, 15) is 4.79 Å². The largest absolute Gasteiger partial charge is 0.467 e. The Hall–Kier alpha value is -1.29. The molecule has 1 heterocycles. The summed E-state index contributed by atoms with van der Waals surface area (Å²) in [6.45, 7) is 4.22. The lowest BCUT2D eigenvalue weighted by Crippen LogP contribution is -2.36. The predicted octanol–water partition coefficient (Wildman–Crippen LogP) is 1.44. The van der Waals surface area contributed by atoms with Gasteiger partial charge in [-0.05, 0) is 25.5 Å². The van der Waals surface area contributed by atoms with Crippen LogP contribution >= 0.6 is 0 Å². The number of amides is 1. The maximum Gasteiger partial charge on any atom is 0.224 e.